The summed E-state index contributed by atoms with van der Waals surface area (Å²) in [5, 5.41) is 11.6. The predicted molar refractivity (Wildman–Crippen MR) is 106 cm³/mol. The molecule has 3 rings (SSSR count). The summed E-state index contributed by atoms with van der Waals surface area (Å²) in [7, 11) is 0. The summed E-state index contributed by atoms with van der Waals surface area (Å²) in [4.78, 5) is 26.3. The van der Waals surface area contributed by atoms with E-state index in [-0.39, 0.29) is 23.1 Å². The zero-order chi connectivity index (χ0) is 18.7. The molecule has 1 aliphatic rings. The maximum Gasteiger partial charge on any atom is 0.237 e. The van der Waals surface area contributed by atoms with Gasteiger partial charge in [0.1, 0.15) is 0 Å². The molecule has 1 heterocycles. The van der Waals surface area contributed by atoms with Crippen LogP contribution in [0.5, 0.6) is 0 Å². The molecule has 8 heteroatoms. The van der Waals surface area contributed by atoms with E-state index in [0.717, 1.165) is 24.1 Å². The Bertz CT molecular complexity index is 787. The second-order valence-corrected chi connectivity index (χ2v) is 8.86. The van der Waals surface area contributed by atoms with E-state index in [1.165, 1.54) is 23.1 Å². The number of rotatable bonds is 7. The molecule has 0 bridgehead atoms. The van der Waals surface area contributed by atoms with Gasteiger partial charge in [-0.1, -0.05) is 47.7 Å². The molecule has 138 valence electrons. The SMILES string of the molecule is CCC(=O)N(c1nnc(S[C@@H](C)C(=O)Nc2ccc(C)cc2)s1)C1CC1. The minimum absolute atomic E-state index is 0.0744. The van der Waals surface area contributed by atoms with Gasteiger partial charge in [0, 0.05) is 18.2 Å². The normalized spacial score (nSPS) is 14.7. The van der Waals surface area contributed by atoms with E-state index in [2.05, 4.69) is 15.5 Å². The van der Waals surface area contributed by atoms with Crippen molar-refractivity contribution >= 4 is 45.7 Å². The van der Waals surface area contributed by atoms with Crippen LogP contribution < -0.4 is 10.2 Å². The van der Waals surface area contributed by atoms with Crippen LogP contribution in [0.25, 0.3) is 0 Å². The standard InChI is InChI=1S/C18H22N4O2S2/c1-4-15(23)22(14-9-10-14)17-20-21-18(26-17)25-12(3)16(24)19-13-7-5-11(2)6-8-13/h5-8,12,14H,4,9-10H2,1-3H3,(H,19,24)/t12-/m0/s1. The van der Waals surface area contributed by atoms with Crippen LogP contribution in [0.15, 0.2) is 28.6 Å². The van der Waals surface area contributed by atoms with Gasteiger partial charge in [0.2, 0.25) is 16.9 Å². The molecule has 0 aliphatic heterocycles. The van der Waals surface area contributed by atoms with Crippen molar-refractivity contribution in [1.82, 2.24) is 10.2 Å². The van der Waals surface area contributed by atoms with Crippen molar-refractivity contribution in [3.8, 4) is 0 Å². The number of hydrogen-bond acceptors (Lipinski definition) is 6. The van der Waals surface area contributed by atoms with Crippen LogP contribution in [0, 0.1) is 6.92 Å². The number of thioether (sulfide) groups is 1. The van der Waals surface area contributed by atoms with Gasteiger partial charge in [0.25, 0.3) is 0 Å². The third-order valence-corrected chi connectivity index (χ3v) is 6.16. The van der Waals surface area contributed by atoms with Gasteiger partial charge >= 0.3 is 0 Å². The summed E-state index contributed by atoms with van der Waals surface area (Å²) < 4.78 is 0.695. The quantitative estimate of drug-likeness (QED) is 0.574. The Balaban J connectivity index is 1.61. The molecule has 1 aliphatic carbocycles. The molecule has 26 heavy (non-hydrogen) atoms. The van der Waals surface area contributed by atoms with Crippen molar-refractivity contribution in [3.05, 3.63) is 29.8 Å². The summed E-state index contributed by atoms with van der Waals surface area (Å²) in [6, 6.07) is 7.95. The van der Waals surface area contributed by atoms with E-state index in [9.17, 15) is 9.59 Å². The Morgan fingerprint density at radius 2 is 2.00 bits per heavy atom. The van der Waals surface area contributed by atoms with E-state index < -0.39 is 0 Å². The highest BCUT2D eigenvalue weighted by atomic mass is 32.2. The van der Waals surface area contributed by atoms with Gasteiger partial charge < -0.3 is 5.32 Å². The second-order valence-electron chi connectivity index (χ2n) is 6.31. The van der Waals surface area contributed by atoms with Gasteiger partial charge in [-0.15, -0.1) is 10.2 Å². The number of aryl methyl sites for hydroxylation is 1. The Hall–Kier alpha value is -1.93. The largest absolute Gasteiger partial charge is 0.325 e. The van der Waals surface area contributed by atoms with Crippen molar-refractivity contribution in [1.29, 1.82) is 0 Å². The lowest BCUT2D eigenvalue weighted by molar-refractivity contribution is -0.118. The van der Waals surface area contributed by atoms with Gasteiger partial charge in [0.15, 0.2) is 4.34 Å². The van der Waals surface area contributed by atoms with Crippen LogP contribution in [0.3, 0.4) is 0 Å². The van der Waals surface area contributed by atoms with Gasteiger partial charge in [-0.25, -0.2) is 0 Å². The molecule has 6 nitrogen and oxygen atoms in total. The van der Waals surface area contributed by atoms with E-state index in [1.807, 2.05) is 45.0 Å². The first-order chi connectivity index (χ1) is 12.5. The Morgan fingerprint density at radius 1 is 1.31 bits per heavy atom. The molecule has 1 aromatic heterocycles. The summed E-state index contributed by atoms with van der Waals surface area (Å²) in [5.74, 6) is -0.00958. The number of amides is 2. The van der Waals surface area contributed by atoms with Crippen LogP contribution in [0.4, 0.5) is 10.8 Å². The number of carbonyl (C=O) groups is 2. The minimum Gasteiger partial charge on any atom is -0.325 e. The van der Waals surface area contributed by atoms with E-state index in [0.29, 0.717) is 15.9 Å². The van der Waals surface area contributed by atoms with Crippen LogP contribution in [-0.2, 0) is 9.59 Å². The molecule has 1 fully saturated rings. The Morgan fingerprint density at radius 3 is 2.62 bits per heavy atom. The maximum absolute atomic E-state index is 12.4. The highest BCUT2D eigenvalue weighted by Gasteiger charge is 2.35. The molecule has 2 aromatic rings. The number of nitrogens with zero attached hydrogens (tertiary/aromatic N) is 3. The van der Waals surface area contributed by atoms with Crippen LogP contribution in [-0.4, -0.2) is 33.3 Å². The fourth-order valence-corrected chi connectivity index (χ4v) is 4.48. The molecule has 1 saturated carbocycles. The molecule has 1 atom stereocenters. The van der Waals surface area contributed by atoms with Crippen LogP contribution in [0.2, 0.25) is 0 Å². The molecule has 0 saturated heterocycles. The highest BCUT2D eigenvalue weighted by Crippen LogP contribution is 2.37. The van der Waals surface area contributed by atoms with Crippen molar-refractivity contribution in [3.63, 3.8) is 0 Å². The summed E-state index contributed by atoms with van der Waals surface area (Å²) >= 11 is 2.73. The summed E-state index contributed by atoms with van der Waals surface area (Å²) in [6.07, 6.45) is 2.49. The molecular formula is C18H22N4O2S2. The third-order valence-electron chi connectivity index (χ3n) is 4.05. The predicted octanol–water partition coefficient (Wildman–Crippen LogP) is 3.87. The average molecular weight is 391 g/mol. The zero-order valence-corrected chi connectivity index (χ0v) is 16.7. The first-order valence-corrected chi connectivity index (χ1v) is 10.4. The fraction of sp³-hybridized carbons (Fsp3) is 0.444. The lowest BCUT2D eigenvalue weighted by atomic mass is 10.2. The molecule has 1 aromatic carbocycles. The lowest BCUT2D eigenvalue weighted by Crippen LogP contribution is -2.32. The van der Waals surface area contributed by atoms with Gasteiger partial charge in [-0.2, -0.15) is 0 Å². The highest BCUT2D eigenvalue weighted by molar-refractivity contribution is 8.02. The number of anilines is 2. The molecule has 0 spiro atoms. The lowest BCUT2D eigenvalue weighted by Gasteiger charge is -2.17. The topological polar surface area (TPSA) is 75.2 Å². The van der Waals surface area contributed by atoms with Crippen molar-refractivity contribution < 1.29 is 9.59 Å². The van der Waals surface area contributed by atoms with Gasteiger partial charge in [-0.05, 0) is 38.8 Å². The molecular weight excluding hydrogens is 368 g/mol. The number of hydrogen-bond donors (Lipinski definition) is 1. The van der Waals surface area contributed by atoms with Crippen molar-refractivity contribution in [2.75, 3.05) is 10.2 Å². The average Bonchev–Trinajstić information content (AvgIpc) is 3.36. The maximum atomic E-state index is 12.4. The number of nitrogens with one attached hydrogen (secondary N) is 1. The Kier molecular flexibility index (Phi) is 5.93. The van der Waals surface area contributed by atoms with Crippen LogP contribution in [0.1, 0.15) is 38.7 Å². The van der Waals surface area contributed by atoms with Gasteiger partial charge in [0.05, 0.1) is 5.25 Å². The number of benzene rings is 1. The first-order valence-electron chi connectivity index (χ1n) is 8.67. The van der Waals surface area contributed by atoms with Crippen molar-refractivity contribution in [2.45, 2.75) is 55.7 Å². The zero-order valence-electron chi connectivity index (χ0n) is 15.1. The monoisotopic (exact) mass is 390 g/mol. The van der Waals surface area contributed by atoms with E-state index in [4.69, 9.17) is 0 Å². The summed E-state index contributed by atoms with van der Waals surface area (Å²) in [5.41, 5.74) is 1.92. The first kappa shape index (κ1) is 18.8. The Labute approximate surface area is 161 Å². The smallest absolute Gasteiger partial charge is 0.237 e. The number of carbonyl (C=O) groups excluding carboxylic acids is 2. The molecule has 2 amide bonds. The van der Waals surface area contributed by atoms with Crippen LogP contribution >= 0.6 is 23.1 Å². The van der Waals surface area contributed by atoms with E-state index >= 15 is 0 Å². The third kappa shape index (κ3) is 4.62. The summed E-state index contributed by atoms with van der Waals surface area (Å²) in [6.45, 7) is 5.70. The molecule has 0 unspecified atom stereocenters. The molecule has 0 radical (unpaired) electrons. The minimum atomic E-state index is -0.312. The van der Waals surface area contributed by atoms with Gasteiger partial charge in [-0.3, -0.25) is 14.5 Å². The molecule has 1 N–H and O–H groups in total. The fourth-order valence-electron chi connectivity index (χ4n) is 2.40. The second kappa shape index (κ2) is 8.18. The van der Waals surface area contributed by atoms with Crippen molar-refractivity contribution in [2.24, 2.45) is 0 Å². The van der Waals surface area contributed by atoms with E-state index in [1.54, 1.807) is 4.90 Å². The number of aromatic nitrogens is 2.